The first-order valence-corrected chi connectivity index (χ1v) is 8.53. The van der Waals surface area contributed by atoms with Gasteiger partial charge < -0.3 is 14.2 Å². The molecule has 0 radical (unpaired) electrons. The van der Waals surface area contributed by atoms with Crippen LogP contribution in [0.3, 0.4) is 0 Å². The van der Waals surface area contributed by atoms with Crippen molar-refractivity contribution >= 4 is 11.8 Å². The quantitative estimate of drug-likeness (QED) is 0.836. The van der Waals surface area contributed by atoms with Gasteiger partial charge in [0.05, 0.1) is 19.9 Å². The fourth-order valence-electron chi connectivity index (χ4n) is 4.07. The SMILES string of the molecule is COC(=O)N1c2ccccc2C2(Cc3ccccc3)C(C#N)=C(OC)OC12. The summed E-state index contributed by atoms with van der Waals surface area (Å²) in [7, 11) is 2.78. The molecule has 2 aromatic carbocycles. The maximum atomic E-state index is 12.6. The Morgan fingerprint density at radius 3 is 2.56 bits per heavy atom. The van der Waals surface area contributed by atoms with Crippen LogP contribution >= 0.6 is 0 Å². The van der Waals surface area contributed by atoms with E-state index in [-0.39, 0.29) is 5.95 Å². The number of rotatable bonds is 3. The number of nitrogens with zero attached hydrogens (tertiary/aromatic N) is 2. The number of hydrogen-bond donors (Lipinski definition) is 0. The molecule has 27 heavy (non-hydrogen) atoms. The van der Waals surface area contributed by atoms with Crippen molar-refractivity contribution in [3.63, 3.8) is 0 Å². The maximum absolute atomic E-state index is 12.6. The average Bonchev–Trinajstić information content (AvgIpc) is 3.16. The number of benzene rings is 2. The number of amides is 1. The summed E-state index contributed by atoms with van der Waals surface area (Å²) in [4.78, 5) is 14.0. The largest absolute Gasteiger partial charge is 0.468 e. The van der Waals surface area contributed by atoms with Gasteiger partial charge in [-0.3, -0.25) is 0 Å². The van der Waals surface area contributed by atoms with Crippen molar-refractivity contribution < 1.29 is 19.0 Å². The number of methoxy groups -OCH3 is 2. The Labute approximate surface area is 157 Å². The molecule has 0 saturated carbocycles. The van der Waals surface area contributed by atoms with E-state index in [1.165, 1.54) is 19.1 Å². The van der Waals surface area contributed by atoms with Crippen LogP contribution < -0.4 is 4.90 Å². The van der Waals surface area contributed by atoms with Crippen LogP contribution in [0.1, 0.15) is 11.1 Å². The van der Waals surface area contributed by atoms with Crippen molar-refractivity contribution in [2.75, 3.05) is 19.1 Å². The third-order valence-electron chi connectivity index (χ3n) is 5.16. The zero-order valence-electron chi connectivity index (χ0n) is 15.0. The highest BCUT2D eigenvalue weighted by Crippen LogP contribution is 2.56. The van der Waals surface area contributed by atoms with Crippen LogP contribution in [0.4, 0.5) is 10.5 Å². The van der Waals surface area contributed by atoms with Crippen LogP contribution in [0, 0.1) is 11.3 Å². The molecular weight excluding hydrogens is 344 g/mol. The summed E-state index contributed by atoms with van der Waals surface area (Å²) in [5.74, 6) is 0.141. The van der Waals surface area contributed by atoms with Gasteiger partial charge in [-0.25, -0.2) is 9.69 Å². The molecule has 136 valence electrons. The minimum Gasteiger partial charge on any atom is -0.468 e. The highest BCUT2D eigenvalue weighted by atomic mass is 16.7. The zero-order valence-corrected chi connectivity index (χ0v) is 15.0. The Morgan fingerprint density at radius 2 is 1.89 bits per heavy atom. The lowest BCUT2D eigenvalue weighted by atomic mass is 9.71. The second-order valence-corrected chi connectivity index (χ2v) is 6.44. The van der Waals surface area contributed by atoms with Crippen molar-refractivity contribution in [1.29, 1.82) is 5.26 Å². The lowest BCUT2D eigenvalue weighted by Crippen LogP contribution is -2.47. The van der Waals surface area contributed by atoms with Crippen LogP contribution in [0.5, 0.6) is 0 Å². The van der Waals surface area contributed by atoms with Crippen molar-refractivity contribution in [3.05, 3.63) is 77.2 Å². The number of carbonyl (C=O) groups is 1. The molecule has 2 unspecified atom stereocenters. The molecule has 0 aromatic heterocycles. The van der Waals surface area contributed by atoms with E-state index in [0.29, 0.717) is 17.7 Å². The summed E-state index contributed by atoms with van der Waals surface area (Å²) < 4.78 is 16.3. The lowest BCUT2D eigenvalue weighted by molar-refractivity contribution is 0.0174. The number of carbonyl (C=O) groups excluding carboxylic acids is 1. The summed E-state index contributed by atoms with van der Waals surface area (Å²) in [6, 6.07) is 19.6. The summed E-state index contributed by atoms with van der Waals surface area (Å²) in [5.41, 5.74) is 2.04. The van der Waals surface area contributed by atoms with Gasteiger partial charge in [0, 0.05) is 0 Å². The van der Waals surface area contributed by atoms with Gasteiger partial charge in [0.25, 0.3) is 5.95 Å². The second kappa shape index (κ2) is 6.36. The minimum atomic E-state index is -0.869. The Balaban J connectivity index is 1.98. The molecule has 0 bridgehead atoms. The number of hydrogen-bond acceptors (Lipinski definition) is 5. The fraction of sp³-hybridized carbons (Fsp3) is 0.238. The Bertz CT molecular complexity index is 964. The number of ether oxygens (including phenoxy) is 3. The highest BCUT2D eigenvalue weighted by molar-refractivity contribution is 5.93. The molecule has 6 nitrogen and oxygen atoms in total. The van der Waals surface area contributed by atoms with Crippen molar-refractivity contribution in [3.8, 4) is 6.07 Å². The molecule has 0 fully saturated rings. The van der Waals surface area contributed by atoms with Crippen LogP contribution in [-0.4, -0.2) is 26.5 Å². The first kappa shape index (κ1) is 17.0. The van der Waals surface area contributed by atoms with Gasteiger partial charge in [-0.15, -0.1) is 0 Å². The van der Waals surface area contributed by atoms with Crippen molar-refractivity contribution in [2.45, 2.75) is 18.1 Å². The van der Waals surface area contributed by atoms with E-state index in [0.717, 1.165) is 11.1 Å². The molecule has 2 heterocycles. The van der Waals surface area contributed by atoms with Gasteiger partial charge in [0.2, 0.25) is 0 Å². The monoisotopic (exact) mass is 362 g/mol. The molecule has 0 saturated heterocycles. The third kappa shape index (κ3) is 2.28. The van der Waals surface area contributed by atoms with Gasteiger partial charge in [0.1, 0.15) is 17.1 Å². The lowest BCUT2D eigenvalue weighted by Gasteiger charge is -2.30. The standard InChI is InChI=1S/C21H18N2O4/c1-25-18-16(13-22)21(12-14-8-4-3-5-9-14)15-10-6-7-11-17(15)23(19(21)27-18)20(24)26-2/h3-11,19H,12H2,1-2H3. The second-order valence-electron chi connectivity index (χ2n) is 6.44. The van der Waals surface area contributed by atoms with E-state index in [1.807, 2.05) is 54.6 Å². The van der Waals surface area contributed by atoms with Gasteiger partial charge in [-0.2, -0.15) is 5.26 Å². The topological polar surface area (TPSA) is 71.8 Å². The molecular formula is C21H18N2O4. The molecule has 0 N–H and O–H groups in total. The first-order chi connectivity index (χ1) is 13.2. The Morgan fingerprint density at radius 1 is 1.19 bits per heavy atom. The molecule has 2 aliphatic rings. The smallest absolute Gasteiger partial charge is 0.417 e. The first-order valence-electron chi connectivity index (χ1n) is 8.53. The van der Waals surface area contributed by atoms with E-state index in [9.17, 15) is 10.1 Å². The minimum absolute atomic E-state index is 0.141. The predicted molar refractivity (Wildman–Crippen MR) is 97.7 cm³/mol. The predicted octanol–water partition coefficient (Wildman–Crippen LogP) is 3.49. The average molecular weight is 362 g/mol. The Hall–Kier alpha value is -3.46. The van der Waals surface area contributed by atoms with Crippen LogP contribution in [0.2, 0.25) is 0 Å². The summed E-state index contributed by atoms with van der Waals surface area (Å²) in [5, 5.41) is 9.96. The van der Waals surface area contributed by atoms with Crippen molar-refractivity contribution in [2.24, 2.45) is 0 Å². The highest BCUT2D eigenvalue weighted by Gasteiger charge is 2.63. The fourth-order valence-corrected chi connectivity index (χ4v) is 4.07. The van der Waals surface area contributed by atoms with E-state index >= 15 is 0 Å². The Kier molecular flexibility index (Phi) is 4.00. The third-order valence-corrected chi connectivity index (χ3v) is 5.16. The number of nitriles is 1. The molecule has 2 aliphatic heterocycles. The zero-order chi connectivity index (χ0) is 19.0. The number of fused-ring (bicyclic) bond motifs is 3. The van der Waals surface area contributed by atoms with E-state index in [1.54, 1.807) is 0 Å². The van der Waals surface area contributed by atoms with Crippen LogP contribution in [0.15, 0.2) is 66.1 Å². The van der Waals surface area contributed by atoms with Crippen molar-refractivity contribution in [1.82, 2.24) is 0 Å². The number of para-hydroxylation sites is 1. The van der Waals surface area contributed by atoms with E-state index in [2.05, 4.69) is 6.07 Å². The maximum Gasteiger partial charge on any atom is 0.417 e. The van der Waals surface area contributed by atoms with Crippen LogP contribution in [-0.2, 0) is 26.0 Å². The van der Waals surface area contributed by atoms with Crippen LogP contribution in [0.25, 0.3) is 0 Å². The molecule has 0 aliphatic carbocycles. The van der Waals surface area contributed by atoms with Gasteiger partial charge in [-0.1, -0.05) is 48.5 Å². The summed E-state index contributed by atoms with van der Waals surface area (Å²) >= 11 is 0. The van der Waals surface area contributed by atoms with Gasteiger partial charge in [-0.05, 0) is 23.6 Å². The molecule has 6 heteroatoms. The molecule has 2 atom stereocenters. The molecule has 1 amide bonds. The van der Waals surface area contributed by atoms with Gasteiger partial charge >= 0.3 is 6.09 Å². The molecule has 0 spiro atoms. The summed E-state index contributed by atoms with van der Waals surface area (Å²) in [6.45, 7) is 0. The van der Waals surface area contributed by atoms with E-state index < -0.39 is 17.7 Å². The normalized spacial score (nSPS) is 22.6. The number of anilines is 1. The summed E-state index contributed by atoms with van der Waals surface area (Å²) in [6.07, 6.45) is -0.817. The van der Waals surface area contributed by atoms with Gasteiger partial charge in [0.15, 0.2) is 6.23 Å². The molecule has 2 aromatic rings. The van der Waals surface area contributed by atoms with E-state index in [4.69, 9.17) is 14.2 Å². The molecule has 4 rings (SSSR count).